The second-order valence-electron chi connectivity index (χ2n) is 4.41. The zero-order valence-electron chi connectivity index (χ0n) is 9.69. The van der Waals surface area contributed by atoms with Gasteiger partial charge in [0, 0.05) is 6.04 Å². The minimum atomic E-state index is -0.829. The van der Waals surface area contributed by atoms with E-state index in [-0.39, 0.29) is 11.9 Å². The molecule has 1 aromatic heterocycles. The molecule has 2 atom stereocenters. The second-order valence-corrected chi connectivity index (χ2v) is 6.13. The zero-order valence-corrected chi connectivity index (χ0v) is 11.3. The Hall–Kier alpha value is -1.07. The molecule has 2 N–H and O–H groups in total. The fourth-order valence-corrected chi connectivity index (χ4v) is 3.22. The topological polar surface area (TPSA) is 66.4 Å². The summed E-state index contributed by atoms with van der Waals surface area (Å²) in [5, 5.41) is 11.9. The quantitative estimate of drug-likeness (QED) is 0.898. The van der Waals surface area contributed by atoms with E-state index in [2.05, 4.69) is 5.32 Å². The minimum absolute atomic E-state index is 0.231. The summed E-state index contributed by atoms with van der Waals surface area (Å²) in [6, 6.07) is 3.04. The van der Waals surface area contributed by atoms with Crippen molar-refractivity contribution in [3.63, 3.8) is 0 Å². The first-order valence-corrected chi connectivity index (χ1v) is 7.06. The third-order valence-electron chi connectivity index (χ3n) is 3.20. The summed E-state index contributed by atoms with van der Waals surface area (Å²) in [6.45, 7) is 0. The molecule has 4 nitrogen and oxygen atoms in total. The van der Waals surface area contributed by atoms with Crippen LogP contribution in [0.4, 0.5) is 0 Å². The molecule has 2 rings (SSSR count). The number of carboxylic acids is 1. The van der Waals surface area contributed by atoms with Gasteiger partial charge in [-0.2, -0.15) is 0 Å². The van der Waals surface area contributed by atoms with Crippen molar-refractivity contribution in [2.45, 2.75) is 31.7 Å². The van der Waals surface area contributed by atoms with Gasteiger partial charge in [0.15, 0.2) is 0 Å². The third kappa shape index (κ3) is 3.03. The molecular weight excluding hydrogens is 274 g/mol. The van der Waals surface area contributed by atoms with Crippen molar-refractivity contribution in [3.05, 3.63) is 21.3 Å². The average molecular weight is 288 g/mol. The maximum atomic E-state index is 11.9. The smallest absolute Gasteiger partial charge is 0.308 e. The van der Waals surface area contributed by atoms with Crippen LogP contribution in [-0.2, 0) is 4.79 Å². The molecule has 1 aliphatic rings. The number of carbonyl (C=O) groups excluding carboxylic acids is 1. The van der Waals surface area contributed by atoms with Gasteiger partial charge in [-0.25, -0.2) is 0 Å². The lowest BCUT2D eigenvalue weighted by atomic mass is 9.84. The molecule has 0 aliphatic heterocycles. The Morgan fingerprint density at radius 2 is 2.06 bits per heavy atom. The van der Waals surface area contributed by atoms with Crippen molar-refractivity contribution in [3.8, 4) is 0 Å². The van der Waals surface area contributed by atoms with Gasteiger partial charge in [0.25, 0.3) is 5.91 Å². The zero-order chi connectivity index (χ0) is 13.1. The first kappa shape index (κ1) is 13.4. The van der Waals surface area contributed by atoms with Crippen molar-refractivity contribution in [2.75, 3.05) is 0 Å². The number of amides is 1. The van der Waals surface area contributed by atoms with E-state index < -0.39 is 11.9 Å². The molecular formula is C12H14ClNO3S. The second kappa shape index (κ2) is 5.71. The summed E-state index contributed by atoms with van der Waals surface area (Å²) in [7, 11) is 0. The molecule has 0 aromatic carbocycles. The van der Waals surface area contributed by atoms with Crippen LogP contribution in [0.15, 0.2) is 12.1 Å². The van der Waals surface area contributed by atoms with Crippen molar-refractivity contribution >= 4 is 34.8 Å². The monoisotopic (exact) mass is 287 g/mol. The number of carbonyl (C=O) groups is 2. The van der Waals surface area contributed by atoms with Crippen LogP contribution in [0, 0.1) is 5.92 Å². The highest BCUT2D eigenvalue weighted by molar-refractivity contribution is 7.17. The van der Waals surface area contributed by atoms with Gasteiger partial charge in [0.2, 0.25) is 0 Å². The van der Waals surface area contributed by atoms with Crippen LogP contribution in [-0.4, -0.2) is 23.0 Å². The van der Waals surface area contributed by atoms with Gasteiger partial charge in [0.1, 0.15) is 0 Å². The summed E-state index contributed by atoms with van der Waals surface area (Å²) >= 11 is 6.97. The van der Waals surface area contributed by atoms with Crippen LogP contribution < -0.4 is 5.32 Å². The average Bonchev–Trinajstić information content (AvgIpc) is 2.76. The molecule has 0 bridgehead atoms. The van der Waals surface area contributed by atoms with Crippen LogP contribution in [0.5, 0.6) is 0 Å². The van der Waals surface area contributed by atoms with Crippen molar-refractivity contribution in [2.24, 2.45) is 5.92 Å². The Morgan fingerprint density at radius 3 is 2.67 bits per heavy atom. The molecule has 1 fully saturated rings. The Bertz CT molecular complexity index is 460. The summed E-state index contributed by atoms with van der Waals surface area (Å²) in [6.07, 6.45) is 3.22. The van der Waals surface area contributed by atoms with Gasteiger partial charge >= 0.3 is 5.97 Å². The van der Waals surface area contributed by atoms with E-state index in [9.17, 15) is 9.59 Å². The lowest BCUT2D eigenvalue weighted by Gasteiger charge is -2.29. The molecule has 2 unspecified atom stereocenters. The lowest BCUT2D eigenvalue weighted by Crippen LogP contribution is -2.44. The number of halogens is 1. The Kier molecular flexibility index (Phi) is 4.24. The van der Waals surface area contributed by atoms with Crippen LogP contribution in [0.2, 0.25) is 4.34 Å². The number of nitrogens with one attached hydrogen (secondary N) is 1. The number of hydrogen-bond acceptors (Lipinski definition) is 3. The molecule has 1 amide bonds. The first-order chi connectivity index (χ1) is 8.58. The molecule has 0 saturated heterocycles. The van der Waals surface area contributed by atoms with Gasteiger partial charge < -0.3 is 10.4 Å². The molecule has 18 heavy (non-hydrogen) atoms. The van der Waals surface area contributed by atoms with Crippen LogP contribution >= 0.6 is 22.9 Å². The van der Waals surface area contributed by atoms with Gasteiger partial charge in [-0.3, -0.25) is 9.59 Å². The largest absolute Gasteiger partial charge is 0.481 e. The Labute approximate surface area is 114 Å². The number of rotatable bonds is 3. The molecule has 0 spiro atoms. The van der Waals surface area contributed by atoms with Gasteiger partial charge in [-0.05, 0) is 25.0 Å². The fraction of sp³-hybridized carbons (Fsp3) is 0.500. The number of hydrogen-bond donors (Lipinski definition) is 2. The fourth-order valence-electron chi connectivity index (χ4n) is 2.28. The molecule has 1 aromatic rings. The van der Waals surface area contributed by atoms with E-state index in [1.54, 1.807) is 12.1 Å². The summed E-state index contributed by atoms with van der Waals surface area (Å²) < 4.78 is 0.554. The lowest BCUT2D eigenvalue weighted by molar-refractivity contribution is -0.143. The summed E-state index contributed by atoms with van der Waals surface area (Å²) in [4.78, 5) is 23.6. The number of aliphatic carboxylic acids is 1. The number of thiophene rings is 1. The molecule has 98 valence electrons. The predicted molar refractivity (Wildman–Crippen MR) is 70.2 cm³/mol. The predicted octanol–water partition coefficient (Wildman–Crippen LogP) is 2.77. The molecule has 1 aliphatic carbocycles. The van der Waals surface area contributed by atoms with Gasteiger partial charge in [-0.1, -0.05) is 24.4 Å². The van der Waals surface area contributed by atoms with Crippen molar-refractivity contribution in [1.82, 2.24) is 5.32 Å². The van der Waals surface area contributed by atoms with Gasteiger partial charge in [0.05, 0.1) is 15.1 Å². The maximum Gasteiger partial charge on any atom is 0.308 e. The molecule has 1 heterocycles. The van der Waals surface area contributed by atoms with E-state index in [1.807, 2.05) is 0 Å². The molecule has 1 saturated carbocycles. The normalized spacial score (nSPS) is 23.6. The summed E-state index contributed by atoms with van der Waals surface area (Å²) in [5.74, 6) is -1.53. The number of carboxylic acid groups (broad SMARTS) is 1. The van der Waals surface area contributed by atoms with Crippen molar-refractivity contribution < 1.29 is 14.7 Å². The highest BCUT2D eigenvalue weighted by Crippen LogP contribution is 2.26. The summed E-state index contributed by atoms with van der Waals surface area (Å²) in [5.41, 5.74) is 0. The molecule has 6 heteroatoms. The standard InChI is InChI=1S/C12H14ClNO3S/c13-10-6-5-9(18-10)11(15)14-8-4-2-1-3-7(8)12(16)17/h5-8H,1-4H2,(H,14,15)(H,16,17). The highest BCUT2D eigenvalue weighted by Gasteiger charge is 2.32. The Morgan fingerprint density at radius 1 is 1.33 bits per heavy atom. The van der Waals surface area contributed by atoms with Gasteiger partial charge in [-0.15, -0.1) is 11.3 Å². The van der Waals surface area contributed by atoms with Crippen LogP contribution in [0.3, 0.4) is 0 Å². The van der Waals surface area contributed by atoms with E-state index in [0.29, 0.717) is 15.6 Å². The minimum Gasteiger partial charge on any atom is -0.481 e. The third-order valence-corrected chi connectivity index (χ3v) is 4.43. The molecule has 0 radical (unpaired) electrons. The first-order valence-electron chi connectivity index (χ1n) is 5.87. The van der Waals surface area contributed by atoms with E-state index in [4.69, 9.17) is 16.7 Å². The van der Waals surface area contributed by atoms with Crippen LogP contribution in [0.1, 0.15) is 35.4 Å². The SMILES string of the molecule is O=C(NC1CCCCC1C(=O)O)c1ccc(Cl)s1. The maximum absolute atomic E-state index is 11.9. The highest BCUT2D eigenvalue weighted by atomic mass is 35.5. The van der Waals surface area contributed by atoms with E-state index in [1.165, 1.54) is 11.3 Å². The van der Waals surface area contributed by atoms with Crippen molar-refractivity contribution in [1.29, 1.82) is 0 Å². The van der Waals surface area contributed by atoms with Crippen LogP contribution in [0.25, 0.3) is 0 Å². The Balaban J connectivity index is 2.03. The van der Waals surface area contributed by atoms with E-state index in [0.717, 1.165) is 19.3 Å². The van der Waals surface area contributed by atoms with E-state index >= 15 is 0 Å².